The van der Waals surface area contributed by atoms with Crippen LogP contribution in [-0.4, -0.2) is 45.1 Å². The van der Waals surface area contributed by atoms with E-state index in [-0.39, 0.29) is 18.6 Å². The van der Waals surface area contributed by atoms with E-state index >= 15 is 0 Å². The summed E-state index contributed by atoms with van der Waals surface area (Å²) in [4.78, 5) is 22.8. The number of benzene rings is 1. The van der Waals surface area contributed by atoms with E-state index in [1.54, 1.807) is 12.4 Å². The molecule has 7 nitrogen and oxygen atoms in total. The van der Waals surface area contributed by atoms with Gasteiger partial charge in [-0.15, -0.1) is 0 Å². The second-order valence-electron chi connectivity index (χ2n) is 6.83. The zero-order chi connectivity index (χ0) is 19.2. The number of piperidine rings is 1. The Bertz CT molecular complexity index is 898. The Morgan fingerprint density at radius 2 is 2.00 bits per heavy atom. The molecule has 3 aromatic rings. The van der Waals surface area contributed by atoms with Gasteiger partial charge in [0.15, 0.2) is 5.82 Å². The Morgan fingerprint density at radius 1 is 1.18 bits per heavy atom. The van der Waals surface area contributed by atoms with Crippen molar-refractivity contribution in [1.29, 1.82) is 0 Å². The Balaban J connectivity index is 1.29. The molecule has 1 unspecified atom stereocenters. The molecular weight excluding hydrogens is 356 g/mol. The fourth-order valence-electron chi connectivity index (χ4n) is 3.30. The standard InChI is InChI=1S/C21H22N4O3/c26-20(13-16-5-2-1-3-6-16)25-12-4-7-18(14-25)27-15-19-23-21(28-24-19)17-8-10-22-11-9-17/h1-3,5-6,8-11,18H,4,7,12-15H2. The van der Waals surface area contributed by atoms with E-state index < -0.39 is 0 Å². The monoisotopic (exact) mass is 378 g/mol. The van der Waals surface area contributed by atoms with E-state index in [2.05, 4.69) is 15.1 Å². The number of likely N-dealkylation sites (tertiary alicyclic amines) is 1. The highest BCUT2D eigenvalue weighted by molar-refractivity contribution is 5.78. The third kappa shape index (κ3) is 4.61. The van der Waals surface area contributed by atoms with E-state index in [1.165, 1.54) is 0 Å². The second-order valence-corrected chi connectivity index (χ2v) is 6.83. The van der Waals surface area contributed by atoms with Gasteiger partial charge in [0.1, 0.15) is 6.61 Å². The van der Waals surface area contributed by atoms with Crippen LogP contribution in [0.5, 0.6) is 0 Å². The molecule has 0 aliphatic carbocycles. The van der Waals surface area contributed by atoms with Crippen molar-refractivity contribution in [3.05, 3.63) is 66.2 Å². The molecule has 4 rings (SSSR count). The fourth-order valence-corrected chi connectivity index (χ4v) is 3.30. The van der Waals surface area contributed by atoms with Crippen LogP contribution in [0.25, 0.3) is 11.5 Å². The van der Waals surface area contributed by atoms with Crippen LogP contribution in [0.1, 0.15) is 24.2 Å². The minimum atomic E-state index is -0.0173. The minimum Gasteiger partial charge on any atom is -0.368 e. The Hall–Kier alpha value is -3.06. The molecule has 1 fully saturated rings. The molecule has 7 heteroatoms. The number of hydrogen-bond donors (Lipinski definition) is 0. The maximum atomic E-state index is 12.6. The van der Waals surface area contributed by atoms with Crippen molar-refractivity contribution in [3.63, 3.8) is 0 Å². The number of aromatic nitrogens is 3. The van der Waals surface area contributed by atoms with Gasteiger partial charge in [-0.05, 0) is 30.5 Å². The summed E-state index contributed by atoms with van der Waals surface area (Å²) in [5, 5.41) is 3.97. The molecule has 0 N–H and O–H groups in total. The van der Waals surface area contributed by atoms with Gasteiger partial charge in [-0.25, -0.2) is 0 Å². The zero-order valence-electron chi connectivity index (χ0n) is 15.5. The van der Waals surface area contributed by atoms with Gasteiger partial charge in [-0.1, -0.05) is 35.5 Å². The number of amides is 1. The van der Waals surface area contributed by atoms with Gasteiger partial charge in [-0.2, -0.15) is 4.98 Å². The summed E-state index contributed by atoms with van der Waals surface area (Å²) >= 11 is 0. The lowest BCUT2D eigenvalue weighted by Crippen LogP contribution is -2.43. The van der Waals surface area contributed by atoms with Crippen LogP contribution < -0.4 is 0 Å². The molecular formula is C21H22N4O3. The highest BCUT2D eigenvalue weighted by Crippen LogP contribution is 2.18. The van der Waals surface area contributed by atoms with Crippen molar-refractivity contribution < 1.29 is 14.1 Å². The molecule has 3 heterocycles. The lowest BCUT2D eigenvalue weighted by Gasteiger charge is -2.32. The van der Waals surface area contributed by atoms with E-state index in [4.69, 9.17) is 9.26 Å². The first-order valence-corrected chi connectivity index (χ1v) is 9.44. The first-order chi connectivity index (χ1) is 13.8. The molecule has 0 bridgehead atoms. The maximum Gasteiger partial charge on any atom is 0.258 e. The van der Waals surface area contributed by atoms with E-state index in [0.717, 1.165) is 30.5 Å². The minimum absolute atomic E-state index is 0.0173. The lowest BCUT2D eigenvalue weighted by atomic mass is 10.1. The predicted octanol–water partition coefficient (Wildman–Crippen LogP) is 2.88. The smallest absolute Gasteiger partial charge is 0.258 e. The molecule has 1 atom stereocenters. The third-order valence-electron chi connectivity index (χ3n) is 4.77. The van der Waals surface area contributed by atoms with Crippen LogP contribution in [0.15, 0.2) is 59.4 Å². The first-order valence-electron chi connectivity index (χ1n) is 9.44. The van der Waals surface area contributed by atoms with Crippen molar-refractivity contribution in [2.45, 2.75) is 32.0 Å². The van der Waals surface area contributed by atoms with Gasteiger partial charge in [0.2, 0.25) is 5.91 Å². The van der Waals surface area contributed by atoms with Gasteiger partial charge in [0, 0.05) is 31.0 Å². The van der Waals surface area contributed by atoms with Gasteiger partial charge in [0.25, 0.3) is 5.89 Å². The first kappa shape index (κ1) is 18.3. The average Bonchev–Trinajstić information content (AvgIpc) is 3.23. The van der Waals surface area contributed by atoms with Crippen LogP contribution in [0.4, 0.5) is 0 Å². The van der Waals surface area contributed by atoms with Crippen molar-refractivity contribution in [2.24, 2.45) is 0 Å². The number of pyridine rings is 1. The van der Waals surface area contributed by atoms with Crippen LogP contribution in [0.2, 0.25) is 0 Å². The Morgan fingerprint density at radius 3 is 2.82 bits per heavy atom. The number of ether oxygens (including phenoxy) is 1. The van der Waals surface area contributed by atoms with Gasteiger partial charge in [-0.3, -0.25) is 9.78 Å². The summed E-state index contributed by atoms with van der Waals surface area (Å²) < 4.78 is 11.2. The summed E-state index contributed by atoms with van der Waals surface area (Å²) in [6.45, 7) is 1.64. The van der Waals surface area contributed by atoms with Gasteiger partial charge in [0.05, 0.1) is 12.5 Å². The molecule has 0 saturated carbocycles. The second kappa shape index (κ2) is 8.75. The van der Waals surface area contributed by atoms with Crippen molar-refractivity contribution in [3.8, 4) is 11.5 Å². The summed E-state index contributed by atoms with van der Waals surface area (Å²) in [5.41, 5.74) is 1.86. The van der Waals surface area contributed by atoms with Crippen LogP contribution >= 0.6 is 0 Å². The molecule has 0 radical (unpaired) electrons. The molecule has 28 heavy (non-hydrogen) atoms. The number of rotatable bonds is 6. The van der Waals surface area contributed by atoms with Crippen molar-refractivity contribution >= 4 is 5.91 Å². The van der Waals surface area contributed by atoms with Crippen molar-refractivity contribution in [2.75, 3.05) is 13.1 Å². The number of carbonyl (C=O) groups is 1. The Labute approximate surface area is 163 Å². The molecule has 1 amide bonds. The number of nitrogens with zero attached hydrogens (tertiary/aromatic N) is 4. The van der Waals surface area contributed by atoms with E-state index in [1.807, 2.05) is 47.4 Å². The number of carbonyl (C=O) groups excluding carboxylic acids is 1. The fraction of sp³-hybridized carbons (Fsp3) is 0.333. The van der Waals surface area contributed by atoms with Gasteiger partial charge < -0.3 is 14.2 Å². The molecule has 1 aliphatic rings. The highest BCUT2D eigenvalue weighted by atomic mass is 16.5. The van der Waals surface area contributed by atoms with E-state index in [0.29, 0.717) is 24.7 Å². The van der Waals surface area contributed by atoms with Crippen LogP contribution in [0, 0.1) is 0 Å². The lowest BCUT2D eigenvalue weighted by molar-refractivity contribution is -0.135. The third-order valence-corrected chi connectivity index (χ3v) is 4.77. The van der Waals surface area contributed by atoms with Crippen molar-refractivity contribution in [1.82, 2.24) is 20.0 Å². The molecule has 144 valence electrons. The summed E-state index contributed by atoms with van der Waals surface area (Å²) in [6.07, 6.45) is 5.62. The largest absolute Gasteiger partial charge is 0.368 e. The summed E-state index contributed by atoms with van der Waals surface area (Å²) in [6, 6.07) is 13.5. The summed E-state index contributed by atoms with van der Waals surface area (Å²) in [5.74, 6) is 1.09. The molecule has 0 spiro atoms. The van der Waals surface area contributed by atoms with Gasteiger partial charge >= 0.3 is 0 Å². The summed E-state index contributed by atoms with van der Waals surface area (Å²) in [7, 11) is 0. The van der Waals surface area contributed by atoms with Crippen LogP contribution in [0.3, 0.4) is 0 Å². The molecule has 1 aliphatic heterocycles. The maximum absolute atomic E-state index is 12.6. The SMILES string of the molecule is O=C(Cc1ccccc1)N1CCCC(OCc2noc(-c3ccncc3)n2)C1. The molecule has 1 aromatic carbocycles. The average molecular weight is 378 g/mol. The molecule has 2 aromatic heterocycles. The molecule has 1 saturated heterocycles. The predicted molar refractivity (Wildman–Crippen MR) is 102 cm³/mol. The number of hydrogen-bond acceptors (Lipinski definition) is 6. The quantitative estimate of drug-likeness (QED) is 0.656. The normalized spacial score (nSPS) is 16.9. The van der Waals surface area contributed by atoms with E-state index in [9.17, 15) is 4.79 Å². The highest BCUT2D eigenvalue weighted by Gasteiger charge is 2.24. The van der Waals surface area contributed by atoms with Crippen LogP contribution in [-0.2, 0) is 22.6 Å². The Kier molecular flexibility index (Phi) is 5.72. The zero-order valence-corrected chi connectivity index (χ0v) is 15.5. The topological polar surface area (TPSA) is 81.4 Å².